The number of imide groups is 1. The molecule has 0 aliphatic carbocycles. The lowest BCUT2D eigenvalue weighted by atomic mass is 10.1. The van der Waals surface area contributed by atoms with Crippen LogP contribution in [0.2, 0.25) is 0 Å². The molecule has 25 heavy (non-hydrogen) atoms. The number of nitrogens with zero attached hydrogens (tertiary/aromatic N) is 1. The van der Waals surface area contributed by atoms with E-state index in [0.717, 1.165) is 17.7 Å². The lowest BCUT2D eigenvalue weighted by Crippen LogP contribution is -2.43. The normalized spacial score (nSPS) is 11.3. The molecule has 0 fully saturated rings. The molecule has 0 rings (SSSR count). The summed E-state index contributed by atoms with van der Waals surface area (Å²) in [6.07, 6.45) is 7.85. The number of hydrogen-bond donors (Lipinski definition) is 0. The van der Waals surface area contributed by atoms with Crippen LogP contribution in [-0.4, -0.2) is 34.8 Å². The molecule has 0 bridgehead atoms. The Morgan fingerprint density at radius 2 is 1.40 bits per heavy atom. The van der Waals surface area contributed by atoms with Gasteiger partial charge in [-0.3, -0.25) is 0 Å². The molecule has 0 N–H and O–H groups in total. The second-order valence-corrected chi connectivity index (χ2v) is 8.00. The number of ether oxygens (including phenoxy) is 2. The first kappa shape index (κ1) is 23.3. The summed E-state index contributed by atoms with van der Waals surface area (Å²) in [6, 6.07) is 0. The van der Waals surface area contributed by atoms with E-state index in [1.807, 2.05) is 6.08 Å². The Hall–Kier alpha value is -1.74. The molecular weight excluding hydrogens is 318 g/mol. The van der Waals surface area contributed by atoms with Crippen molar-refractivity contribution in [3.63, 3.8) is 0 Å². The minimum Gasteiger partial charge on any atom is -0.443 e. The monoisotopic (exact) mass is 353 g/mol. The smallest absolute Gasteiger partial charge is 0.420 e. The van der Waals surface area contributed by atoms with E-state index in [2.05, 4.69) is 12.7 Å². The zero-order valence-electron chi connectivity index (χ0n) is 17.0. The molecule has 144 valence electrons. The number of unbranched alkanes of at least 4 members (excludes halogenated alkanes) is 4. The van der Waals surface area contributed by atoms with Crippen LogP contribution in [-0.2, 0) is 9.47 Å². The standard InChI is InChI=1S/C20H35NO4/c1-8-9-10-11-12-13-14-15-16-21(17(22)24-19(2,3)4)18(23)25-20(5,6)7/h13,15H,8-12,16H2,1-7H3. The average molecular weight is 354 g/mol. The van der Waals surface area contributed by atoms with Crippen molar-refractivity contribution in [2.24, 2.45) is 0 Å². The van der Waals surface area contributed by atoms with Gasteiger partial charge in [0.1, 0.15) is 11.2 Å². The van der Waals surface area contributed by atoms with E-state index in [-0.39, 0.29) is 6.54 Å². The molecule has 0 aromatic heterocycles. The molecule has 0 aromatic carbocycles. The van der Waals surface area contributed by atoms with E-state index in [1.54, 1.807) is 47.6 Å². The Morgan fingerprint density at radius 1 is 0.880 bits per heavy atom. The van der Waals surface area contributed by atoms with Crippen molar-refractivity contribution in [1.29, 1.82) is 0 Å². The summed E-state index contributed by atoms with van der Waals surface area (Å²) in [5.74, 6) is 0. The highest BCUT2D eigenvalue weighted by molar-refractivity contribution is 5.88. The molecule has 0 atom stereocenters. The molecule has 0 saturated heterocycles. The number of rotatable bonds is 7. The van der Waals surface area contributed by atoms with E-state index in [1.165, 1.54) is 19.3 Å². The summed E-state index contributed by atoms with van der Waals surface area (Å²) in [5, 5.41) is 0. The highest BCUT2D eigenvalue weighted by atomic mass is 16.6. The molecule has 0 aromatic rings. The summed E-state index contributed by atoms with van der Waals surface area (Å²) in [7, 11) is 0. The number of carbonyl (C=O) groups is 2. The molecule has 0 aliphatic rings. The van der Waals surface area contributed by atoms with Crippen molar-refractivity contribution in [2.75, 3.05) is 6.54 Å². The zero-order chi connectivity index (χ0) is 19.5. The van der Waals surface area contributed by atoms with Gasteiger partial charge in [0.25, 0.3) is 0 Å². The highest BCUT2D eigenvalue weighted by Crippen LogP contribution is 2.14. The maximum absolute atomic E-state index is 12.3. The van der Waals surface area contributed by atoms with Crippen LogP contribution in [0.3, 0.4) is 0 Å². The van der Waals surface area contributed by atoms with Gasteiger partial charge in [-0.05, 0) is 66.5 Å². The summed E-state index contributed by atoms with van der Waals surface area (Å²) < 4.78 is 10.6. The number of carbonyl (C=O) groups excluding carboxylic acids is 2. The summed E-state index contributed by atoms with van der Waals surface area (Å²) in [5.41, 5.74) is 1.65. The molecule has 0 spiro atoms. The van der Waals surface area contributed by atoms with Gasteiger partial charge in [0.15, 0.2) is 0 Å². The van der Waals surface area contributed by atoms with Crippen LogP contribution >= 0.6 is 0 Å². The molecule has 5 nitrogen and oxygen atoms in total. The first-order valence-corrected chi connectivity index (χ1v) is 9.09. The Labute approximate surface area is 153 Å². The van der Waals surface area contributed by atoms with Gasteiger partial charge < -0.3 is 9.47 Å². The van der Waals surface area contributed by atoms with Crippen molar-refractivity contribution >= 4 is 12.2 Å². The van der Waals surface area contributed by atoms with E-state index in [9.17, 15) is 9.59 Å². The molecule has 0 unspecified atom stereocenters. The van der Waals surface area contributed by atoms with E-state index >= 15 is 0 Å². The minimum absolute atomic E-state index is 0.0648. The second kappa shape index (κ2) is 11.0. The van der Waals surface area contributed by atoms with E-state index in [4.69, 9.17) is 9.47 Å². The predicted molar refractivity (Wildman–Crippen MR) is 101 cm³/mol. The van der Waals surface area contributed by atoms with Crippen LogP contribution in [0.25, 0.3) is 0 Å². The van der Waals surface area contributed by atoms with Gasteiger partial charge in [-0.2, -0.15) is 0 Å². The van der Waals surface area contributed by atoms with Gasteiger partial charge >= 0.3 is 12.2 Å². The fourth-order valence-electron chi connectivity index (χ4n) is 1.84. The Kier molecular flexibility index (Phi) is 10.2. The number of amides is 2. The van der Waals surface area contributed by atoms with Crippen molar-refractivity contribution in [2.45, 2.75) is 91.8 Å². The van der Waals surface area contributed by atoms with Gasteiger partial charge in [-0.25, -0.2) is 14.5 Å². The molecule has 2 amide bonds. The summed E-state index contributed by atoms with van der Waals surface area (Å²) >= 11 is 0. The third kappa shape index (κ3) is 13.2. The Morgan fingerprint density at radius 3 is 1.84 bits per heavy atom. The predicted octanol–water partition coefficient (Wildman–Crippen LogP) is 5.84. The SMILES string of the molecule is CCCCCCC=C=CCN(C(=O)OC(C)(C)C)C(=O)OC(C)(C)C. The van der Waals surface area contributed by atoms with Gasteiger partial charge in [0, 0.05) is 0 Å². The second-order valence-electron chi connectivity index (χ2n) is 8.00. The van der Waals surface area contributed by atoms with Crippen molar-refractivity contribution in [3.05, 3.63) is 17.9 Å². The van der Waals surface area contributed by atoms with Crippen LogP contribution in [0.4, 0.5) is 9.59 Å². The third-order valence-corrected chi connectivity index (χ3v) is 2.94. The van der Waals surface area contributed by atoms with Crippen LogP contribution in [0.5, 0.6) is 0 Å². The summed E-state index contributed by atoms with van der Waals surface area (Å²) in [4.78, 5) is 25.5. The van der Waals surface area contributed by atoms with Crippen molar-refractivity contribution < 1.29 is 19.1 Å². The van der Waals surface area contributed by atoms with Crippen LogP contribution in [0.15, 0.2) is 17.9 Å². The molecule has 0 heterocycles. The number of hydrogen-bond acceptors (Lipinski definition) is 4. The fourth-order valence-corrected chi connectivity index (χ4v) is 1.84. The zero-order valence-corrected chi connectivity index (χ0v) is 17.0. The average Bonchev–Trinajstić information content (AvgIpc) is 2.41. The van der Waals surface area contributed by atoms with Gasteiger partial charge in [-0.15, -0.1) is 5.73 Å². The molecule has 0 radical (unpaired) electrons. The summed E-state index contributed by atoms with van der Waals surface area (Å²) in [6.45, 7) is 12.8. The van der Waals surface area contributed by atoms with Crippen molar-refractivity contribution in [1.82, 2.24) is 4.90 Å². The highest BCUT2D eigenvalue weighted by Gasteiger charge is 2.30. The van der Waals surface area contributed by atoms with Gasteiger partial charge in [-0.1, -0.05) is 26.2 Å². The molecule has 0 saturated carbocycles. The third-order valence-electron chi connectivity index (χ3n) is 2.94. The van der Waals surface area contributed by atoms with Gasteiger partial charge in [0.2, 0.25) is 0 Å². The van der Waals surface area contributed by atoms with E-state index in [0.29, 0.717) is 0 Å². The maximum atomic E-state index is 12.3. The topological polar surface area (TPSA) is 55.8 Å². The quantitative estimate of drug-likeness (QED) is 0.426. The Bertz CT molecular complexity index is 449. The molecule has 0 aliphatic heterocycles. The van der Waals surface area contributed by atoms with Crippen LogP contribution in [0, 0.1) is 0 Å². The van der Waals surface area contributed by atoms with Gasteiger partial charge in [0.05, 0.1) is 6.54 Å². The fraction of sp³-hybridized carbons (Fsp3) is 0.750. The molecular formula is C20H35NO4. The van der Waals surface area contributed by atoms with E-state index < -0.39 is 23.4 Å². The lowest BCUT2D eigenvalue weighted by Gasteiger charge is -2.27. The minimum atomic E-state index is -0.720. The Balaban J connectivity index is 4.81. The lowest BCUT2D eigenvalue weighted by molar-refractivity contribution is 0.00374. The van der Waals surface area contributed by atoms with Crippen LogP contribution < -0.4 is 0 Å². The molecule has 5 heteroatoms. The van der Waals surface area contributed by atoms with Crippen LogP contribution in [0.1, 0.15) is 80.6 Å². The maximum Gasteiger partial charge on any atom is 0.420 e. The van der Waals surface area contributed by atoms with Crippen molar-refractivity contribution in [3.8, 4) is 0 Å². The first-order valence-electron chi connectivity index (χ1n) is 9.09. The first-order chi connectivity index (χ1) is 11.5. The largest absolute Gasteiger partial charge is 0.443 e.